The zero-order chi connectivity index (χ0) is 20.1. The molecule has 1 amide bonds. The summed E-state index contributed by atoms with van der Waals surface area (Å²) in [6.07, 6.45) is 2.72. The number of fused-ring (bicyclic) bond motifs is 1. The van der Waals surface area contributed by atoms with Crippen LogP contribution in [-0.4, -0.2) is 34.0 Å². The third kappa shape index (κ3) is 4.39. The van der Waals surface area contributed by atoms with Crippen LogP contribution in [0.15, 0.2) is 53.3 Å². The Bertz CT molecular complexity index is 1090. The predicted octanol–water partition coefficient (Wildman–Crippen LogP) is 4.17. The number of aromatic amines is 1. The average molecular weight is 396 g/mol. The van der Waals surface area contributed by atoms with Crippen molar-refractivity contribution >= 4 is 29.0 Å². The molecule has 0 aliphatic heterocycles. The van der Waals surface area contributed by atoms with Gasteiger partial charge in [-0.1, -0.05) is 43.7 Å². The SMILES string of the molecule is CCCCN(C)C(=O)c1ccc2c(=O)n(CCc3ccccc3)c(=S)[nH]c2c1. The molecule has 0 spiro atoms. The second kappa shape index (κ2) is 8.97. The van der Waals surface area contributed by atoms with E-state index in [0.717, 1.165) is 24.8 Å². The third-order valence-electron chi connectivity index (χ3n) is 4.89. The summed E-state index contributed by atoms with van der Waals surface area (Å²) < 4.78 is 1.96. The smallest absolute Gasteiger partial charge is 0.262 e. The predicted molar refractivity (Wildman–Crippen MR) is 115 cm³/mol. The van der Waals surface area contributed by atoms with Crippen molar-refractivity contribution in [2.45, 2.75) is 32.7 Å². The van der Waals surface area contributed by atoms with E-state index in [1.807, 2.05) is 30.3 Å². The normalized spacial score (nSPS) is 10.9. The lowest BCUT2D eigenvalue weighted by atomic mass is 10.1. The number of benzene rings is 2. The first-order valence-electron chi connectivity index (χ1n) is 9.57. The van der Waals surface area contributed by atoms with Crippen LogP contribution in [0, 0.1) is 4.77 Å². The van der Waals surface area contributed by atoms with Crippen molar-refractivity contribution < 1.29 is 4.79 Å². The lowest BCUT2D eigenvalue weighted by Crippen LogP contribution is -2.28. The molecule has 1 N–H and O–H groups in total. The van der Waals surface area contributed by atoms with E-state index in [2.05, 4.69) is 11.9 Å². The molecule has 3 aromatic rings. The van der Waals surface area contributed by atoms with Crippen molar-refractivity contribution in [1.29, 1.82) is 0 Å². The molecule has 2 aromatic carbocycles. The highest BCUT2D eigenvalue weighted by atomic mass is 32.1. The summed E-state index contributed by atoms with van der Waals surface area (Å²) in [6.45, 7) is 3.32. The molecule has 1 heterocycles. The Morgan fingerprint density at radius 2 is 1.93 bits per heavy atom. The van der Waals surface area contributed by atoms with Crippen molar-refractivity contribution in [1.82, 2.24) is 14.5 Å². The lowest BCUT2D eigenvalue weighted by molar-refractivity contribution is 0.0793. The Labute approximate surface area is 169 Å². The molecule has 0 aliphatic rings. The molecule has 0 bridgehead atoms. The van der Waals surface area contributed by atoms with Gasteiger partial charge in [0.25, 0.3) is 11.5 Å². The Morgan fingerprint density at radius 3 is 2.64 bits per heavy atom. The van der Waals surface area contributed by atoms with Gasteiger partial charge in [-0.05, 0) is 48.8 Å². The van der Waals surface area contributed by atoms with Crippen LogP contribution in [0.25, 0.3) is 10.9 Å². The highest BCUT2D eigenvalue weighted by molar-refractivity contribution is 7.71. The minimum atomic E-state index is -0.131. The molecule has 0 unspecified atom stereocenters. The summed E-state index contributed by atoms with van der Waals surface area (Å²) >= 11 is 5.41. The number of amides is 1. The largest absolute Gasteiger partial charge is 0.342 e. The van der Waals surface area contributed by atoms with Crippen molar-refractivity contribution in [3.8, 4) is 0 Å². The van der Waals surface area contributed by atoms with Gasteiger partial charge in [0.05, 0.1) is 10.9 Å². The van der Waals surface area contributed by atoms with Gasteiger partial charge in [-0.3, -0.25) is 14.2 Å². The number of carbonyl (C=O) groups is 1. The van der Waals surface area contributed by atoms with E-state index in [0.29, 0.717) is 34.3 Å². The Balaban J connectivity index is 1.89. The third-order valence-corrected chi connectivity index (χ3v) is 5.21. The molecule has 0 saturated carbocycles. The highest BCUT2D eigenvalue weighted by Gasteiger charge is 2.13. The van der Waals surface area contributed by atoms with Gasteiger partial charge >= 0.3 is 0 Å². The van der Waals surface area contributed by atoms with Gasteiger partial charge in [-0.25, -0.2) is 0 Å². The minimum Gasteiger partial charge on any atom is -0.342 e. The minimum absolute atomic E-state index is 0.0528. The molecular formula is C22H25N3O2S. The van der Waals surface area contributed by atoms with Crippen LogP contribution < -0.4 is 5.56 Å². The number of carbonyl (C=O) groups excluding carboxylic acids is 1. The monoisotopic (exact) mass is 395 g/mol. The molecule has 146 valence electrons. The summed E-state index contributed by atoms with van der Waals surface area (Å²) in [6, 6.07) is 15.1. The highest BCUT2D eigenvalue weighted by Crippen LogP contribution is 2.13. The van der Waals surface area contributed by atoms with E-state index in [9.17, 15) is 9.59 Å². The van der Waals surface area contributed by atoms with Crippen LogP contribution in [0.5, 0.6) is 0 Å². The number of unbranched alkanes of at least 4 members (excludes halogenated alkanes) is 1. The molecule has 1 aromatic heterocycles. The van der Waals surface area contributed by atoms with E-state index < -0.39 is 0 Å². The molecule has 0 fully saturated rings. The molecule has 0 radical (unpaired) electrons. The van der Waals surface area contributed by atoms with Gasteiger partial charge < -0.3 is 9.88 Å². The summed E-state index contributed by atoms with van der Waals surface area (Å²) in [4.78, 5) is 30.3. The van der Waals surface area contributed by atoms with Crippen LogP contribution >= 0.6 is 12.2 Å². The molecule has 3 rings (SSSR count). The summed E-state index contributed by atoms with van der Waals surface area (Å²) in [7, 11) is 1.80. The van der Waals surface area contributed by atoms with Gasteiger partial charge in [0.15, 0.2) is 4.77 Å². The van der Waals surface area contributed by atoms with Gasteiger partial charge in [-0.15, -0.1) is 0 Å². The molecule has 0 aliphatic carbocycles. The van der Waals surface area contributed by atoms with Gasteiger partial charge in [0.2, 0.25) is 0 Å². The number of hydrogen-bond donors (Lipinski definition) is 1. The number of nitrogens with one attached hydrogen (secondary N) is 1. The second-order valence-electron chi connectivity index (χ2n) is 6.96. The fraction of sp³-hybridized carbons (Fsp3) is 0.318. The Kier molecular flexibility index (Phi) is 6.41. The fourth-order valence-electron chi connectivity index (χ4n) is 3.19. The van der Waals surface area contributed by atoms with Crippen LogP contribution in [-0.2, 0) is 13.0 Å². The number of hydrogen-bond acceptors (Lipinski definition) is 3. The van der Waals surface area contributed by atoms with Crippen LogP contribution in [0.1, 0.15) is 35.7 Å². The maximum Gasteiger partial charge on any atom is 0.262 e. The number of rotatable bonds is 7. The Morgan fingerprint density at radius 1 is 1.18 bits per heavy atom. The first-order valence-corrected chi connectivity index (χ1v) is 9.98. The van der Waals surface area contributed by atoms with E-state index in [1.165, 1.54) is 0 Å². The maximum absolute atomic E-state index is 12.9. The topological polar surface area (TPSA) is 58.1 Å². The van der Waals surface area contributed by atoms with E-state index >= 15 is 0 Å². The number of aryl methyl sites for hydroxylation is 1. The van der Waals surface area contributed by atoms with Crippen LogP contribution in [0.2, 0.25) is 0 Å². The van der Waals surface area contributed by atoms with Crippen molar-refractivity contribution in [3.05, 3.63) is 74.8 Å². The number of nitrogens with zero attached hydrogens (tertiary/aromatic N) is 2. The first-order chi connectivity index (χ1) is 13.5. The molecule has 5 nitrogen and oxygen atoms in total. The molecule has 0 atom stereocenters. The summed E-state index contributed by atoms with van der Waals surface area (Å²) in [5, 5.41) is 0.537. The summed E-state index contributed by atoms with van der Waals surface area (Å²) in [5.41, 5.74) is 2.17. The number of H-pyrrole nitrogens is 1. The van der Waals surface area contributed by atoms with Crippen LogP contribution in [0.4, 0.5) is 0 Å². The molecule has 28 heavy (non-hydrogen) atoms. The van der Waals surface area contributed by atoms with Crippen molar-refractivity contribution in [3.63, 3.8) is 0 Å². The molecule has 0 saturated heterocycles. The zero-order valence-corrected chi connectivity index (χ0v) is 17.1. The van der Waals surface area contributed by atoms with E-state index in [-0.39, 0.29) is 11.5 Å². The fourth-order valence-corrected chi connectivity index (χ4v) is 3.48. The first kappa shape index (κ1) is 20.0. The second-order valence-corrected chi connectivity index (χ2v) is 7.35. The van der Waals surface area contributed by atoms with Gasteiger partial charge in [-0.2, -0.15) is 0 Å². The standard InChI is InChI=1S/C22H25N3O2S/c1-3-4-13-24(2)20(26)17-10-11-18-19(15-17)23-22(28)25(21(18)27)14-12-16-8-6-5-7-9-16/h5-11,15H,3-4,12-14H2,1-2H3,(H,23,28). The van der Waals surface area contributed by atoms with E-state index in [1.54, 1.807) is 34.7 Å². The van der Waals surface area contributed by atoms with Crippen LogP contribution in [0.3, 0.4) is 0 Å². The van der Waals surface area contributed by atoms with Gasteiger partial charge in [0.1, 0.15) is 0 Å². The van der Waals surface area contributed by atoms with Crippen molar-refractivity contribution in [2.24, 2.45) is 0 Å². The van der Waals surface area contributed by atoms with E-state index in [4.69, 9.17) is 12.2 Å². The maximum atomic E-state index is 12.9. The quantitative estimate of drug-likeness (QED) is 0.611. The summed E-state index contributed by atoms with van der Waals surface area (Å²) in [5.74, 6) is -0.0528. The zero-order valence-electron chi connectivity index (χ0n) is 16.3. The van der Waals surface area contributed by atoms with Crippen molar-refractivity contribution in [2.75, 3.05) is 13.6 Å². The lowest BCUT2D eigenvalue weighted by Gasteiger charge is -2.17. The Hall–Kier alpha value is -2.73. The number of aromatic nitrogens is 2. The molecule has 6 heteroatoms. The average Bonchev–Trinajstić information content (AvgIpc) is 2.71. The van der Waals surface area contributed by atoms with Gasteiger partial charge in [0, 0.05) is 25.7 Å². The molecular weight excluding hydrogens is 370 g/mol.